The van der Waals surface area contributed by atoms with E-state index in [-0.39, 0.29) is 0 Å². The Morgan fingerprint density at radius 2 is 1.68 bits per heavy atom. The molecule has 0 saturated heterocycles. The molecule has 0 amide bonds. The maximum Gasteiger partial charge on any atom is 0.278 e. The predicted molar refractivity (Wildman–Crippen MR) is 106 cm³/mol. The quantitative estimate of drug-likeness (QED) is 0.524. The van der Waals surface area contributed by atoms with Crippen LogP contribution < -0.4 is 14.5 Å². The fourth-order valence-corrected chi connectivity index (χ4v) is 3.39. The van der Waals surface area contributed by atoms with Crippen LogP contribution in [0.2, 0.25) is 0 Å². The molecule has 0 radical (unpaired) electrons. The van der Waals surface area contributed by atoms with E-state index in [1.165, 1.54) is 11.4 Å². The van der Waals surface area contributed by atoms with Crippen molar-refractivity contribution in [1.82, 2.24) is 15.6 Å². The van der Waals surface area contributed by atoms with E-state index in [9.17, 15) is 0 Å². The number of anilines is 3. The van der Waals surface area contributed by atoms with Crippen molar-refractivity contribution in [2.24, 2.45) is 0 Å². The highest BCUT2D eigenvalue weighted by Crippen LogP contribution is 2.40. The highest BCUT2D eigenvalue weighted by molar-refractivity contribution is 5.82. The molecule has 1 aliphatic rings. The molecule has 3 aromatic carbocycles. The molecular formula is C21H17N5O2. The fraction of sp³-hybridized carbons (Fsp3) is 0.0952. The van der Waals surface area contributed by atoms with Gasteiger partial charge in [-0.05, 0) is 47.7 Å². The van der Waals surface area contributed by atoms with Crippen LogP contribution in [0.15, 0.2) is 77.3 Å². The number of rotatable bonds is 4. The topological polar surface area (TPSA) is 67.5 Å². The molecule has 0 unspecified atom stereocenters. The lowest BCUT2D eigenvalue weighted by molar-refractivity contribution is 0.403. The van der Waals surface area contributed by atoms with Crippen LogP contribution in [0, 0.1) is 0 Å². The number of para-hydroxylation sites is 2. The van der Waals surface area contributed by atoms with Gasteiger partial charge in [-0.2, -0.15) is 0 Å². The van der Waals surface area contributed by atoms with Gasteiger partial charge < -0.3 is 19.1 Å². The van der Waals surface area contributed by atoms with Crippen molar-refractivity contribution in [2.75, 3.05) is 23.5 Å². The van der Waals surface area contributed by atoms with Gasteiger partial charge in [-0.15, -0.1) is 0 Å². The summed E-state index contributed by atoms with van der Waals surface area (Å²) in [7, 11) is 2.09. The molecule has 2 heterocycles. The van der Waals surface area contributed by atoms with Crippen LogP contribution >= 0.6 is 0 Å². The minimum absolute atomic E-state index is 0.357. The third-order valence-corrected chi connectivity index (χ3v) is 4.68. The highest BCUT2D eigenvalue weighted by Gasteiger charge is 2.24. The normalized spacial score (nSPS) is 12.9. The van der Waals surface area contributed by atoms with Crippen LogP contribution in [0.25, 0.3) is 11.5 Å². The maximum absolute atomic E-state index is 6.08. The lowest BCUT2D eigenvalue weighted by atomic mass is 10.2. The van der Waals surface area contributed by atoms with E-state index >= 15 is 0 Å². The van der Waals surface area contributed by atoms with Crippen LogP contribution in [0.3, 0.4) is 0 Å². The number of hydrogen-bond acceptors (Lipinski definition) is 7. The van der Waals surface area contributed by atoms with Gasteiger partial charge in [0.05, 0.1) is 23.3 Å². The zero-order valence-corrected chi connectivity index (χ0v) is 15.2. The smallest absolute Gasteiger partial charge is 0.278 e. The van der Waals surface area contributed by atoms with Gasteiger partial charge >= 0.3 is 0 Å². The Kier molecular flexibility index (Phi) is 3.90. The van der Waals surface area contributed by atoms with Crippen LogP contribution in [0.4, 0.5) is 17.1 Å². The molecule has 138 valence electrons. The predicted octanol–water partition coefficient (Wildman–Crippen LogP) is 4.47. The van der Waals surface area contributed by atoms with Gasteiger partial charge in [-0.3, -0.25) is 0 Å². The number of nitrogens with zero attached hydrogens (tertiary/aromatic N) is 5. The van der Waals surface area contributed by atoms with Crippen molar-refractivity contribution in [3.8, 4) is 23.0 Å². The van der Waals surface area contributed by atoms with E-state index in [1.807, 2.05) is 42.5 Å². The van der Waals surface area contributed by atoms with Crippen LogP contribution in [-0.2, 0) is 0 Å². The molecule has 0 N–H and O–H groups in total. The first-order chi connectivity index (χ1) is 13.8. The van der Waals surface area contributed by atoms with Crippen molar-refractivity contribution in [2.45, 2.75) is 0 Å². The summed E-state index contributed by atoms with van der Waals surface area (Å²) >= 11 is 0. The van der Waals surface area contributed by atoms with Gasteiger partial charge in [0.25, 0.3) is 5.89 Å². The molecule has 0 spiro atoms. The first kappa shape index (κ1) is 16.3. The number of benzene rings is 3. The second kappa shape index (κ2) is 6.70. The molecule has 1 aliphatic heterocycles. The number of aromatic nitrogens is 3. The molecule has 0 bridgehead atoms. The summed E-state index contributed by atoms with van der Waals surface area (Å²) in [6, 6.07) is 23.9. The molecule has 28 heavy (non-hydrogen) atoms. The second-order valence-electron chi connectivity index (χ2n) is 6.55. The summed E-state index contributed by atoms with van der Waals surface area (Å²) in [4.78, 5) is 4.49. The third-order valence-electron chi connectivity index (χ3n) is 4.68. The van der Waals surface area contributed by atoms with Crippen molar-refractivity contribution in [3.63, 3.8) is 0 Å². The summed E-state index contributed by atoms with van der Waals surface area (Å²) in [5.41, 5.74) is 4.24. The largest absolute Gasteiger partial charge is 0.457 e. The zero-order valence-electron chi connectivity index (χ0n) is 15.2. The van der Waals surface area contributed by atoms with E-state index < -0.39 is 0 Å². The van der Waals surface area contributed by atoms with Crippen molar-refractivity contribution in [3.05, 3.63) is 72.8 Å². The Hall–Kier alpha value is -3.87. The van der Waals surface area contributed by atoms with Crippen LogP contribution in [0.1, 0.15) is 0 Å². The molecule has 0 aliphatic carbocycles. The molecule has 0 atom stereocenters. The first-order valence-corrected chi connectivity index (χ1v) is 8.89. The SMILES string of the molecule is CN1CN(c2cccc(Oc3cccc(-c4nnno4)c3)c2)c2ccccc21. The van der Waals surface area contributed by atoms with Gasteiger partial charge in [0, 0.05) is 24.4 Å². The summed E-state index contributed by atoms with van der Waals surface area (Å²) in [6.07, 6.45) is 0. The minimum atomic E-state index is 0.357. The summed E-state index contributed by atoms with van der Waals surface area (Å²) in [5.74, 6) is 1.80. The maximum atomic E-state index is 6.08. The molecule has 0 saturated carbocycles. The van der Waals surface area contributed by atoms with Gasteiger partial charge in [0.15, 0.2) is 0 Å². The Labute approximate surface area is 161 Å². The van der Waals surface area contributed by atoms with Gasteiger partial charge in [-0.25, -0.2) is 0 Å². The van der Waals surface area contributed by atoms with Crippen LogP contribution in [-0.4, -0.2) is 29.3 Å². The van der Waals surface area contributed by atoms with Crippen molar-refractivity contribution >= 4 is 17.1 Å². The molecule has 1 aromatic heterocycles. The zero-order chi connectivity index (χ0) is 18.9. The standard InChI is InChI=1S/C21H17N5O2/c1-25-14-26(20-11-3-2-10-19(20)25)16-7-5-9-18(13-16)27-17-8-4-6-15(12-17)21-22-23-24-28-21/h2-13H,14H2,1H3. The molecule has 0 fully saturated rings. The summed E-state index contributed by atoms with van der Waals surface area (Å²) in [6.45, 7) is 0.794. The number of hydrogen-bond donors (Lipinski definition) is 0. The van der Waals surface area contributed by atoms with Crippen LogP contribution in [0.5, 0.6) is 11.5 Å². The van der Waals surface area contributed by atoms with E-state index in [4.69, 9.17) is 9.26 Å². The van der Waals surface area contributed by atoms with E-state index in [0.717, 1.165) is 23.7 Å². The van der Waals surface area contributed by atoms with Gasteiger partial charge in [-0.1, -0.05) is 29.4 Å². The second-order valence-corrected chi connectivity index (χ2v) is 6.55. The fourth-order valence-electron chi connectivity index (χ4n) is 3.39. The monoisotopic (exact) mass is 371 g/mol. The molecule has 7 nitrogen and oxygen atoms in total. The Balaban J connectivity index is 1.42. The van der Waals surface area contributed by atoms with Gasteiger partial charge in [0.1, 0.15) is 11.5 Å². The van der Waals surface area contributed by atoms with E-state index in [1.54, 1.807) is 0 Å². The molecule has 4 aromatic rings. The number of fused-ring (bicyclic) bond motifs is 1. The Morgan fingerprint density at radius 3 is 2.50 bits per heavy atom. The molecule has 5 rings (SSSR count). The third kappa shape index (κ3) is 2.92. The molecule has 7 heteroatoms. The molecular weight excluding hydrogens is 354 g/mol. The Morgan fingerprint density at radius 1 is 0.893 bits per heavy atom. The lowest BCUT2D eigenvalue weighted by Crippen LogP contribution is -2.23. The summed E-state index contributed by atoms with van der Waals surface area (Å²) < 4.78 is 11.1. The summed E-state index contributed by atoms with van der Waals surface area (Å²) in [5, 5.41) is 10.7. The van der Waals surface area contributed by atoms with Gasteiger partial charge in [0.2, 0.25) is 0 Å². The number of ether oxygens (including phenoxy) is 1. The van der Waals surface area contributed by atoms with E-state index in [0.29, 0.717) is 11.6 Å². The van der Waals surface area contributed by atoms with E-state index in [2.05, 4.69) is 62.8 Å². The lowest BCUT2D eigenvalue weighted by Gasteiger charge is -2.20. The average Bonchev–Trinajstić information content (AvgIpc) is 3.38. The van der Waals surface area contributed by atoms with Crippen molar-refractivity contribution in [1.29, 1.82) is 0 Å². The Bertz CT molecular complexity index is 1110. The average molecular weight is 371 g/mol. The van der Waals surface area contributed by atoms with Crippen molar-refractivity contribution < 1.29 is 9.26 Å². The first-order valence-electron chi connectivity index (χ1n) is 8.89. The highest BCUT2D eigenvalue weighted by atomic mass is 16.5. The minimum Gasteiger partial charge on any atom is -0.457 e.